The Morgan fingerprint density at radius 1 is 1.00 bits per heavy atom. The van der Waals surface area contributed by atoms with E-state index in [1.165, 1.54) is 10.4 Å². The lowest BCUT2D eigenvalue weighted by molar-refractivity contribution is -0.130. The molecule has 2 aromatic heterocycles. The number of nitrogens with zero attached hydrogens (tertiary/aromatic N) is 4. The molecule has 0 aliphatic carbocycles. The number of anilines is 1. The van der Waals surface area contributed by atoms with Gasteiger partial charge in [0, 0.05) is 43.4 Å². The zero-order chi connectivity index (χ0) is 19.2. The highest BCUT2D eigenvalue weighted by atomic mass is 32.1. The normalized spacial score (nSPS) is 15.4. The summed E-state index contributed by atoms with van der Waals surface area (Å²) in [6, 6.07) is 16.3. The highest BCUT2D eigenvalue weighted by Gasteiger charge is 2.23. The summed E-state index contributed by atoms with van der Waals surface area (Å²) in [5, 5.41) is 5.53. The van der Waals surface area contributed by atoms with Crippen LogP contribution in [0.3, 0.4) is 0 Å². The summed E-state index contributed by atoms with van der Waals surface area (Å²) >= 11 is 1.70. The molecule has 1 aliphatic heterocycles. The number of carbonyl (C=O) groups is 1. The molecule has 7 heteroatoms. The number of hydrogen-bond donors (Lipinski definition) is 1. The van der Waals surface area contributed by atoms with E-state index >= 15 is 0 Å². The maximum Gasteiger partial charge on any atom is 0.236 e. The molecule has 1 N–H and O–H groups in total. The van der Waals surface area contributed by atoms with Crippen LogP contribution in [0.4, 0.5) is 5.95 Å². The van der Waals surface area contributed by atoms with Crippen LogP contribution in [0.2, 0.25) is 0 Å². The first-order valence-corrected chi connectivity index (χ1v) is 10.3. The molecule has 3 heterocycles. The monoisotopic (exact) mass is 393 g/mol. The number of thiophene rings is 1. The molecule has 0 spiro atoms. The first kappa shape index (κ1) is 18.6. The molecule has 1 atom stereocenters. The highest BCUT2D eigenvalue weighted by Crippen LogP contribution is 2.25. The van der Waals surface area contributed by atoms with Gasteiger partial charge in [-0.3, -0.25) is 10.1 Å². The maximum atomic E-state index is 12.8. The summed E-state index contributed by atoms with van der Waals surface area (Å²) < 4.78 is 0. The lowest BCUT2D eigenvalue weighted by Crippen LogP contribution is -2.51. The molecule has 1 aliphatic rings. The van der Waals surface area contributed by atoms with Crippen LogP contribution in [-0.2, 0) is 4.79 Å². The van der Waals surface area contributed by atoms with E-state index in [9.17, 15) is 4.79 Å². The van der Waals surface area contributed by atoms with Crippen LogP contribution in [0.15, 0.2) is 66.3 Å². The second-order valence-electron chi connectivity index (χ2n) is 6.66. The van der Waals surface area contributed by atoms with E-state index in [-0.39, 0.29) is 11.9 Å². The fourth-order valence-corrected chi connectivity index (χ4v) is 4.22. The summed E-state index contributed by atoms with van der Waals surface area (Å²) in [5.41, 5.74) is 1.17. The van der Waals surface area contributed by atoms with E-state index in [0.29, 0.717) is 19.6 Å². The first-order valence-electron chi connectivity index (χ1n) is 9.43. The van der Waals surface area contributed by atoms with Gasteiger partial charge >= 0.3 is 0 Å². The Balaban J connectivity index is 1.34. The van der Waals surface area contributed by atoms with Crippen molar-refractivity contribution >= 4 is 23.2 Å². The number of hydrogen-bond acceptors (Lipinski definition) is 6. The number of nitrogens with one attached hydrogen (secondary N) is 1. The standard InChI is InChI=1S/C21H23N5OS/c27-19(25-11-13-26(14-12-25)21-22-9-5-10-23-21)16-24-20(18-8-4-15-28-18)17-6-2-1-3-7-17/h1-10,15,20,24H,11-14,16H2/t20-/m0/s1. The number of benzene rings is 1. The molecular weight excluding hydrogens is 370 g/mol. The third kappa shape index (κ3) is 4.37. The largest absolute Gasteiger partial charge is 0.338 e. The van der Waals surface area contributed by atoms with Gasteiger partial charge in [-0.05, 0) is 23.1 Å². The predicted octanol–water partition coefficient (Wildman–Crippen LogP) is 2.57. The lowest BCUT2D eigenvalue weighted by atomic mass is 10.1. The third-order valence-electron chi connectivity index (χ3n) is 4.89. The third-order valence-corrected chi connectivity index (χ3v) is 5.82. The molecule has 1 amide bonds. The van der Waals surface area contributed by atoms with E-state index in [1.807, 2.05) is 35.2 Å². The summed E-state index contributed by atoms with van der Waals surface area (Å²) in [6.45, 7) is 3.20. The van der Waals surface area contributed by atoms with Crippen LogP contribution < -0.4 is 10.2 Å². The van der Waals surface area contributed by atoms with Crippen LogP contribution >= 0.6 is 11.3 Å². The van der Waals surface area contributed by atoms with Crippen molar-refractivity contribution in [3.8, 4) is 0 Å². The highest BCUT2D eigenvalue weighted by molar-refractivity contribution is 7.10. The average molecular weight is 394 g/mol. The van der Waals surface area contributed by atoms with Crippen LogP contribution in [0.5, 0.6) is 0 Å². The Bertz CT molecular complexity index is 864. The van der Waals surface area contributed by atoms with E-state index in [4.69, 9.17) is 0 Å². The smallest absolute Gasteiger partial charge is 0.236 e. The quantitative estimate of drug-likeness (QED) is 0.697. The van der Waals surface area contributed by atoms with Gasteiger partial charge in [0.25, 0.3) is 0 Å². The number of rotatable bonds is 6. The van der Waals surface area contributed by atoms with Gasteiger partial charge in [0.05, 0.1) is 12.6 Å². The first-order chi connectivity index (χ1) is 13.8. The molecule has 1 aromatic carbocycles. The molecule has 0 bridgehead atoms. The van der Waals surface area contributed by atoms with E-state index < -0.39 is 0 Å². The number of piperazine rings is 1. The molecule has 0 saturated carbocycles. The molecule has 1 saturated heterocycles. The van der Waals surface area contributed by atoms with Crippen molar-refractivity contribution in [2.75, 3.05) is 37.6 Å². The van der Waals surface area contributed by atoms with Crippen LogP contribution in [-0.4, -0.2) is 53.5 Å². The van der Waals surface area contributed by atoms with Crippen molar-refractivity contribution in [1.82, 2.24) is 20.2 Å². The minimum atomic E-state index is 0.0316. The summed E-state index contributed by atoms with van der Waals surface area (Å²) in [4.78, 5) is 26.6. The van der Waals surface area contributed by atoms with Gasteiger partial charge in [0.1, 0.15) is 0 Å². The second kappa shape index (κ2) is 8.95. The summed E-state index contributed by atoms with van der Waals surface area (Å²) in [5.74, 6) is 0.862. The zero-order valence-corrected chi connectivity index (χ0v) is 16.4. The number of carbonyl (C=O) groups excluding carboxylic acids is 1. The Labute approximate surface area is 168 Å². The second-order valence-corrected chi connectivity index (χ2v) is 7.64. The fraction of sp³-hybridized carbons (Fsp3) is 0.286. The van der Waals surface area contributed by atoms with Crippen molar-refractivity contribution in [1.29, 1.82) is 0 Å². The average Bonchev–Trinajstić information content (AvgIpc) is 3.30. The van der Waals surface area contributed by atoms with E-state index in [0.717, 1.165) is 19.0 Å². The topological polar surface area (TPSA) is 61.4 Å². The zero-order valence-electron chi connectivity index (χ0n) is 15.6. The molecule has 144 valence electrons. The molecule has 1 fully saturated rings. The molecular formula is C21H23N5OS. The van der Waals surface area contributed by atoms with Gasteiger partial charge in [-0.25, -0.2) is 9.97 Å². The fourth-order valence-electron chi connectivity index (χ4n) is 3.40. The minimum absolute atomic E-state index is 0.0316. The Kier molecular flexibility index (Phi) is 5.94. The van der Waals surface area contributed by atoms with Crippen molar-refractivity contribution in [3.05, 3.63) is 76.7 Å². The van der Waals surface area contributed by atoms with Crippen LogP contribution in [0, 0.1) is 0 Å². The molecule has 28 heavy (non-hydrogen) atoms. The molecule has 6 nitrogen and oxygen atoms in total. The van der Waals surface area contributed by atoms with E-state index in [1.54, 1.807) is 23.7 Å². The van der Waals surface area contributed by atoms with Gasteiger partial charge in [-0.15, -0.1) is 11.3 Å². The summed E-state index contributed by atoms with van der Waals surface area (Å²) in [6.07, 6.45) is 3.50. The maximum absolute atomic E-state index is 12.8. The molecule has 0 radical (unpaired) electrons. The van der Waals surface area contributed by atoms with Crippen molar-refractivity contribution in [3.63, 3.8) is 0 Å². The number of amides is 1. The van der Waals surface area contributed by atoms with Gasteiger partial charge in [0.15, 0.2) is 0 Å². The van der Waals surface area contributed by atoms with Gasteiger partial charge in [-0.2, -0.15) is 0 Å². The van der Waals surface area contributed by atoms with E-state index in [2.05, 4.69) is 43.8 Å². The lowest BCUT2D eigenvalue weighted by Gasteiger charge is -2.35. The number of aromatic nitrogens is 2. The Morgan fingerprint density at radius 3 is 2.43 bits per heavy atom. The van der Waals surface area contributed by atoms with Gasteiger partial charge in [-0.1, -0.05) is 36.4 Å². The van der Waals surface area contributed by atoms with Crippen molar-refractivity contribution in [2.24, 2.45) is 0 Å². The van der Waals surface area contributed by atoms with Crippen molar-refractivity contribution in [2.45, 2.75) is 6.04 Å². The molecule has 0 unspecified atom stereocenters. The summed E-state index contributed by atoms with van der Waals surface area (Å²) in [7, 11) is 0. The minimum Gasteiger partial charge on any atom is -0.338 e. The Morgan fingerprint density at radius 2 is 1.75 bits per heavy atom. The van der Waals surface area contributed by atoms with Crippen LogP contribution in [0.1, 0.15) is 16.5 Å². The van der Waals surface area contributed by atoms with Crippen LogP contribution in [0.25, 0.3) is 0 Å². The molecule has 3 aromatic rings. The predicted molar refractivity (Wildman–Crippen MR) is 111 cm³/mol. The van der Waals surface area contributed by atoms with Crippen molar-refractivity contribution < 1.29 is 4.79 Å². The van der Waals surface area contributed by atoms with Gasteiger partial charge in [0.2, 0.25) is 11.9 Å². The Hall–Kier alpha value is -2.77. The molecule has 4 rings (SSSR count). The SMILES string of the molecule is O=C(CN[C@@H](c1ccccc1)c1cccs1)N1CCN(c2ncccn2)CC1. The van der Waals surface area contributed by atoms with Gasteiger partial charge < -0.3 is 9.80 Å².